The Morgan fingerprint density at radius 2 is 1.43 bits per heavy atom. The lowest BCUT2D eigenvalue weighted by Crippen LogP contribution is -2.48. The van der Waals surface area contributed by atoms with Gasteiger partial charge in [-0.25, -0.2) is 0 Å². The van der Waals surface area contributed by atoms with Crippen LogP contribution in [0.15, 0.2) is 48.2 Å². The molecule has 2 aromatic rings. The number of aliphatic hydroxyl groups is 1. The fourth-order valence-electron chi connectivity index (χ4n) is 3.80. The Kier molecular flexibility index (Phi) is 4.62. The molecular formula is C24H24O4. The van der Waals surface area contributed by atoms with Gasteiger partial charge in [0.25, 0.3) is 0 Å². The molecular weight excluding hydrogens is 352 g/mol. The first-order valence-corrected chi connectivity index (χ1v) is 9.22. The number of hydrogen-bond acceptors (Lipinski definition) is 4. The maximum absolute atomic E-state index is 13.2. The van der Waals surface area contributed by atoms with Crippen molar-refractivity contribution in [3.63, 3.8) is 0 Å². The fourth-order valence-corrected chi connectivity index (χ4v) is 3.80. The summed E-state index contributed by atoms with van der Waals surface area (Å²) in [4.78, 5) is 36.8. The Morgan fingerprint density at radius 3 is 2.00 bits per heavy atom. The van der Waals surface area contributed by atoms with E-state index in [2.05, 4.69) is 0 Å². The third-order valence-corrected chi connectivity index (χ3v) is 5.65. The number of Topliss-reactive ketones (excluding diaryl/α,β-unsaturated/α-hetero) is 2. The fraction of sp³-hybridized carbons (Fsp3) is 0.292. The summed E-state index contributed by atoms with van der Waals surface area (Å²) in [7, 11) is 0. The third-order valence-electron chi connectivity index (χ3n) is 5.65. The molecule has 0 aliphatic heterocycles. The standard InChI is InChI=1S/C24H24O4/c1-14-6-9-17(16-10-7-15(13-25)8-11-16)12-18(14)19-20(26)23(2,3)22(28)24(4,5)21(19)27/h6-13,26H,1-5H3. The number of ketones is 2. The van der Waals surface area contributed by atoms with Crippen molar-refractivity contribution in [2.45, 2.75) is 34.6 Å². The largest absolute Gasteiger partial charge is 0.510 e. The van der Waals surface area contributed by atoms with Crippen molar-refractivity contribution >= 4 is 23.4 Å². The van der Waals surface area contributed by atoms with Crippen molar-refractivity contribution in [3.8, 4) is 11.1 Å². The maximum Gasteiger partial charge on any atom is 0.179 e. The van der Waals surface area contributed by atoms with Crippen molar-refractivity contribution in [1.29, 1.82) is 0 Å². The molecule has 0 saturated heterocycles. The van der Waals surface area contributed by atoms with Crippen LogP contribution in [0.5, 0.6) is 0 Å². The molecule has 4 heteroatoms. The van der Waals surface area contributed by atoms with E-state index in [1.807, 2.05) is 37.3 Å². The van der Waals surface area contributed by atoms with Crippen LogP contribution in [0.25, 0.3) is 16.7 Å². The molecule has 0 heterocycles. The Bertz CT molecular complexity index is 1020. The van der Waals surface area contributed by atoms with Gasteiger partial charge in [-0.1, -0.05) is 36.4 Å². The topological polar surface area (TPSA) is 71.4 Å². The second-order valence-corrected chi connectivity index (χ2v) is 8.40. The van der Waals surface area contributed by atoms with Crippen LogP contribution in [0.2, 0.25) is 0 Å². The van der Waals surface area contributed by atoms with E-state index in [4.69, 9.17) is 0 Å². The predicted octanol–water partition coefficient (Wildman–Crippen LogP) is 4.95. The van der Waals surface area contributed by atoms with Crippen LogP contribution >= 0.6 is 0 Å². The number of carbonyl (C=O) groups is 3. The van der Waals surface area contributed by atoms with Crippen molar-refractivity contribution in [1.82, 2.24) is 0 Å². The second kappa shape index (κ2) is 6.55. The van der Waals surface area contributed by atoms with Gasteiger partial charge in [-0.15, -0.1) is 0 Å². The number of aliphatic hydroxyl groups excluding tert-OH is 1. The van der Waals surface area contributed by atoms with Gasteiger partial charge < -0.3 is 5.11 Å². The molecule has 4 nitrogen and oxygen atoms in total. The van der Waals surface area contributed by atoms with Crippen molar-refractivity contribution < 1.29 is 19.5 Å². The van der Waals surface area contributed by atoms with Gasteiger partial charge >= 0.3 is 0 Å². The molecule has 1 aliphatic carbocycles. The summed E-state index contributed by atoms with van der Waals surface area (Å²) in [6, 6.07) is 12.8. The highest BCUT2D eigenvalue weighted by molar-refractivity contribution is 6.34. The first kappa shape index (κ1) is 19.7. The average Bonchev–Trinajstić information content (AvgIpc) is 2.67. The normalized spacial score (nSPS) is 18.3. The number of benzene rings is 2. The lowest BCUT2D eigenvalue weighted by molar-refractivity contribution is -0.143. The lowest BCUT2D eigenvalue weighted by Gasteiger charge is -2.38. The smallest absolute Gasteiger partial charge is 0.179 e. The zero-order valence-electron chi connectivity index (χ0n) is 16.8. The SMILES string of the molecule is Cc1ccc(-c2ccc(C=O)cc2)cc1C1=C(O)C(C)(C)C(=O)C(C)(C)C1=O. The first-order valence-electron chi connectivity index (χ1n) is 9.22. The zero-order chi connectivity index (χ0) is 20.9. The monoisotopic (exact) mass is 376 g/mol. The van der Waals surface area contributed by atoms with E-state index < -0.39 is 10.8 Å². The van der Waals surface area contributed by atoms with Crippen LogP contribution in [0.3, 0.4) is 0 Å². The molecule has 144 valence electrons. The minimum atomic E-state index is -1.21. The molecule has 0 bridgehead atoms. The van der Waals surface area contributed by atoms with Gasteiger partial charge in [0.05, 0.1) is 16.4 Å². The summed E-state index contributed by atoms with van der Waals surface area (Å²) in [5.74, 6) is -0.839. The van der Waals surface area contributed by atoms with Crippen molar-refractivity contribution in [2.24, 2.45) is 10.8 Å². The van der Waals surface area contributed by atoms with Gasteiger partial charge in [0.15, 0.2) is 11.6 Å². The van der Waals surface area contributed by atoms with E-state index >= 15 is 0 Å². The van der Waals surface area contributed by atoms with Crippen LogP contribution in [-0.2, 0) is 9.59 Å². The van der Waals surface area contributed by atoms with Crippen molar-refractivity contribution in [3.05, 3.63) is 64.9 Å². The summed E-state index contributed by atoms with van der Waals surface area (Å²) in [6.07, 6.45) is 0.787. The Hall–Kier alpha value is -3.01. The predicted molar refractivity (Wildman–Crippen MR) is 109 cm³/mol. The molecule has 0 amide bonds. The minimum Gasteiger partial charge on any atom is -0.510 e. The molecule has 1 N–H and O–H groups in total. The van der Waals surface area contributed by atoms with E-state index in [-0.39, 0.29) is 22.9 Å². The van der Waals surface area contributed by atoms with Crippen LogP contribution in [0.4, 0.5) is 0 Å². The number of hydrogen-bond donors (Lipinski definition) is 1. The van der Waals surface area contributed by atoms with E-state index in [0.717, 1.165) is 23.0 Å². The highest BCUT2D eigenvalue weighted by Gasteiger charge is 2.53. The minimum absolute atomic E-state index is 0.182. The summed E-state index contributed by atoms with van der Waals surface area (Å²) < 4.78 is 0. The van der Waals surface area contributed by atoms with Gasteiger partial charge in [-0.3, -0.25) is 14.4 Å². The number of allylic oxidation sites excluding steroid dienone is 2. The molecule has 0 atom stereocenters. The van der Waals surface area contributed by atoms with Crippen LogP contribution < -0.4 is 0 Å². The van der Waals surface area contributed by atoms with Gasteiger partial charge in [0, 0.05) is 5.56 Å². The number of aryl methyl sites for hydroxylation is 1. The molecule has 1 aliphatic rings. The zero-order valence-corrected chi connectivity index (χ0v) is 16.8. The summed E-state index contributed by atoms with van der Waals surface area (Å²) in [5, 5.41) is 10.9. The quantitative estimate of drug-likeness (QED) is 0.608. The molecule has 0 unspecified atom stereocenters. The summed E-state index contributed by atoms with van der Waals surface area (Å²) in [5.41, 5.74) is 1.65. The lowest BCUT2D eigenvalue weighted by atomic mass is 9.62. The highest BCUT2D eigenvalue weighted by Crippen LogP contribution is 2.47. The average molecular weight is 376 g/mol. The molecule has 3 rings (SSSR count). The molecule has 2 aromatic carbocycles. The van der Waals surface area contributed by atoms with E-state index in [1.54, 1.807) is 39.8 Å². The highest BCUT2D eigenvalue weighted by atomic mass is 16.3. The van der Waals surface area contributed by atoms with Crippen LogP contribution in [0.1, 0.15) is 49.2 Å². The van der Waals surface area contributed by atoms with Crippen LogP contribution in [-0.4, -0.2) is 23.0 Å². The van der Waals surface area contributed by atoms with Gasteiger partial charge in [-0.05, 0) is 62.9 Å². The molecule has 28 heavy (non-hydrogen) atoms. The van der Waals surface area contributed by atoms with Gasteiger partial charge in [-0.2, -0.15) is 0 Å². The molecule has 0 spiro atoms. The number of aldehydes is 1. The number of carbonyl (C=O) groups excluding carboxylic acids is 3. The van der Waals surface area contributed by atoms with Crippen LogP contribution in [0, 0.1) is 17.8 Å². The van der Waals surface area contributed by atoms with E-state index in [0.29, 0.717) is 11.1 Å². The Balaban J connectivity index is 2.22. The molecule has 0 saturated carbocycles. The summed E-state index contributed by atoms with van der Waals surface area (Å²) >= 11 is 0. The molecule has 0 radical (unpaired) electrons. The third kappa shape index (κ3) is 2.89. The molecule has 0 fully saturated rings. The van der Waals surface area contributed by atoms with E-state index in [9.17, 15) is 19.5 Å². The molecule has 0 aromatic heterocycles. The summed E-state index contributed by atoms with van der Waals surface area (Å²) in [6.45, 7) is 8.40. The van der Waals surface area contributed by atoms with Gasteiger partial charge in [0.1, 0.15) is 12.0 Å². The Labute approximate surface area is 164 Å². The Morgan fingerprint density at radius 1 is 0.857 bits per heavy atom. The maximum atomic E-state index is 13.2. The van der Waals surface area contributed by atoms with E-state index in [1.165, 1.54) is 0 Å². The number of rotatable bonds is 3. The second-order valence-electron chi connectivity index (χ2n) is 8.40. The van der Waals surface area contributed by atoms with Gasteiger partial charge in [0.2, 0.25) is 0 Å². The van der Waals surface area contributed by atoms with Crippen molar-refractivity contribution in [2.75, 3.05) is 0 Å². The first-order chi connectivity index (χ1) is 13.0.